The van der Waals surface area contributed by atoms with Crippen LogP contribution in [0.15, 0.2) is 23.6 Å². The third-order valence-corrected chi connectivity index (χ3v) is 3.73. The fourth-order valence-electron chi connectivity index (χ4n) is 1.86. The van der Waals surface area contributed by atoms with Crippen molar-refractivity contribution in [2.75, 3.05) is 5.32 Å². The molecule has 1 atom stereocenters. The summed E-state index contributed by atoms with van der Waals surface area (Å²) in [5.74, 6) is 0.928. The fraction of sp³-hybridized carbons (Fsp3) is 0.357. The number of hydrogen-bond acceptors (Lipinski definition) is 5. The van der Waals surface area contributed by atoms with Gasteiger partial charge < -0.3 is 5.32 Å². The smallest absolute Gasteiger partial charge is 0.224 e. The highest BCUT2D eigenvalue weighted by Gasteiger charge is 2.18. The van der Waals surface area contributed by atoms with E-state index < -0.39 is 0 Å². The van der Waals surface area contributed by atoms with E-state index in [0.29, 0.717) is 17.6 Å². The lowest BCUT2D eigenvalue weighted by molar-refractivity contribution is 0.549. The van der Waals surface area contributed by atoms with Crippen molar-refractivity contribution in [3.8, 4) is 6.07 Å². The first kappa shape index (κ1) is 13.5. The van der Waals surface area contributed by atoms with Crippen molar-refractivity contribution in [3.05, 3.63) is 39.8 Å². The lowest BCUT2D eigenvalue weighted by Crippen LogP contribution is -2.17. The molecule has 0 spiro atoms. The summed E-state index contributed by atoms with van der Waals surface area (Å²) in [6, 6.07) is 8.04. The maximum absolute atomic E-state index is 8.95. The van der Waals surface area contributed by atoms with Gasteiger partial charge in [0.15, 0.2) is 0 Å². The first-order valence-corrected chi connectivity index (χ1v) is 7.04. The summed E-state index contributed by atoms with van der Waals surface area (Å²) in [6.45, 7) is 6.17. The topological polar surface area (TPSA) is 61.6 Å². The van der Waals surface area contributed by atoms with Gasteiger partial charge in [-0.2, -0.15) is 5.26 Å². The van der Waals surface area contributed by atoms with Crippen LogP contribution in [-0.4, -0.2) is 9.97 Å². The summed E-state index contributed by atoms with van der Waals surface area (Å²) in [5.41, 5.74) is 1.19. The Labute approximate surface area is 117 Å². The van der Waals surface area contributed by atoms with Crippen LogP contribution >= 0.6 is 11.3 Å². The lowest BCUT2D eigenvalue weighted by atomic mass is 10.0. The largest absolute Gasteiger partial charge is 0.346 e. The summed E-state index contributed by atoms with van der Waals surface area (Å²) >= 11 is 1.71. The molecule has 5 heteroatoms. The number of aromatic nitrogens is 2. The highest BCUT2D eigenvalue weighted by molar-refractivity contribution is 7.10. The second-order valence-corrected chi connectivity index (χ2v) is 5.69. The van der Waals surface area contributed by atoms with Gasteiger partial charge in [0.05, 0.1) is 6.04 Å². The summed E-state index contributed by atoms with van der Waals surface area (Å²) in [7, 11) is 0. The second-order valence-electron chi connectivity index (χ2n) is 4.71. The Morgan fingerprint density at radius 2 is 2.16 bits per heavy atom. The zero-order valence-electron chi connectivity index (χ0n) is 11.2. The molecule has 2 heterocycles. The molecule has 0 aliphatic carbocycles. The molecule has 4 nitrogen and oxygen atoms in total. The molecule has 0 aliphatic heterocycles. The number of nitrogens with zero attached hydrogens (tertiary/aromatic N) is 3. The molecular weight excluding hydrogens is 256 g/mol. The molecule has 2 aromatic heterocycles. The van der Waals surface area contributed by atoms with E-state index in [1.165, 1.54) is 4.88 Å². The molecule has 1 N–H and O–H groups in total. The molecule has 2 rings (SSSR count). The van der Waals surface area contributed by atoms with Crippen molar-refractivity contribution in [3.63, 3.8) is 0 Å². The Bertz CT molecular complexity index is 584. The number of thiophene rings is 1. The Hall–Kier alpha value is -1.93. The van der Waals surface area contributed by atoms with Gasteiger partial charge in [0.25, 0.3) is 0 Å². The number of aryl methyl sites for hydroxylation is 1. The van der Waals surface area contributed by atoms with Crippen LogP contribution in [0.25, 0.3) is 0 Å². The van der Waals surface area contributed by atoms with Crippen molar-refractivity contribution in [1.82, 2.24) is 9.97 Å². The molecular formula is C14H16N4S. The van der Waals surface area contributed by atoms with Gasteiger partial charge in [-0.3, -0.25) is 0 Å². The van der Waals surface area contributed by atoms with E-state index >= 15 is 0 Å². The molecule has 0 saturated carbocycles. The predicted molar refractivity (Wildman–Crippen MR) is 77.0 cm³/mol. The number of nitrogens with one attached hydrogen (secondary N) is 1. The van der Waals surface area contributed by atoms with E-state index in [4.69, 9.17) is 5.26 Å². The van der Waals surface area contributed by atoms with Crippen molar-refractivity contribution >= 4 is 17.3 Å². The van der Waals surface area contributed by atoms with E-state index in [2.05, 4.69) is 46.6 Å². The Morgan fingerprint density at radius 1 is 1.37 bits per heavy atom. The zero-order chi connectivity index (χ0) is 13.8. The van der Waals surface area contributed by atoms with Crippen LogP contribution in [0.1, 0.15) is 36.2 Å². The van der Waals surface area contributed by atoms with Crippen LogP contribution < -0.4 is 5.32 Å². The van der Waals surface area contributed by atoms with Gasteiger partial charge in [0.2, 0.25) is 5.95 Å². The van der Waals surface area contributed by atoms with E-state index in [9.17, 15) is 0 Å². The SMILES string of the molecule is Cc1cc(C#N)nc(NC(c2cccs2)C(C)C)n1. The lowest BCUT2D eigenvalue weighted by Gasteiger charge is -2.21. The predicted octanol–water partition coefficient (Wildman–Crippen LogP) is 3.53. The molecule has 0 radical (unpaired) electrons. The minimum Gasteiger partial charge on any atom is -0.346 e. The number of hydrogen-bond donors (Lipinski definition) is 1. The molecule has 0 amide bonds. The minimum atomic E-state index is 0.161. The standard InChI is InChI=1S/C14H16N4S/c1-9(2)13(12-5-4-6-19-12)18-14-16-10(3)7-11(8-15)17-14/h4-7,9,13H,1-3H3,(H,16,17,18). The molecule has 19 heavy (non-hydrogen) atoms. The van der Waals surface area contributed by atoms with E-state index in [0.717, 1.165) is 5.69 Å². The number of nitriles is 1. The summed E-state index contributed by atoms with van der Waals surface area (Å²) in [6.07, 6.45) is 0. The molecule has 0 saturated heterocycles. The average Bonchev–Trinajstić information content (AvgIpc) is 2.88. The molecule has 0 aromatic carbocycles. The van der Waals surface area contributed by atoms with Gasteiger partial charge in [0.1, 0.15) is 11.8 Å². The Balaban J connectivity index is 2.28. The third kappa shape index (κ3) is 3.30. The van der Waals surface area contributed by atoms with Crippen LogP contribution in [0, 0.1) is 24.2 Å². The Morgan fingerprint density at radius 3 is 2.74 bits per heavy atom. The molecule has 2 aromatic rings. The third-order valence-electron chi connectivity index (χ3n) is 2.77. The van der Waals surface area contributed by atoms with Gasteiger partial charge in [-0.05, 0) is 30.4 Å². The van der Waals surface area contributed by atoms with E-state index in [1.807, 2.05) is 13.0 Å². The normalized spacial score (nSPS) is 12.2. The van der Waals surface area contributed by atoms with E-state index in [1.54, 1.807) is 17.4 Å². The molecule has 98 valence electrons. The summed E-state index contributed by atoms with van der Waals surface area (Å²) in [5, 5.41) is 14.3. The van der Waals surface area contributed by atoms with Crippen molar-refractivity contribution in [2.24, 2.45) is 5.92 Å². The maximum Gasteiger partial charge on any atom is 0.224 e. The highest BCUT2D eigenvalue weighted by Crippen LogP contribution is 2.28. The van der Waals surface area contributed by atoms with Gasteiger partial charge in [-0.15, -0.1) is 11.3 Å². The van der Waals surface area contributed by atoms with Crippen LogP contribution in [0.3, 0.4) is 0 Å². The van der Waals surface area contributed by atoms with Gasteiger partial charge in [0, 0.05) is 10.6 Å². The maximum atomic E-state index is 8.95. The summed E-state index contributed by atoms with van der Waals surface area (Å²) in [4.78, 5) is 9.80. The molecule has 1 unspecified atom stereocenters. The average molecular weight is 272 g/mol. The summed E-state index contributed by atoms with van der Waals surface area (Å²) < 4.78 is 0. The highest BCUT2D eigenvalue weighted by atomic mass is 32.1. The Kier molecular flexibility index (Phi) is 4.13. The van der Waals surface area contributed by atoms with E-state index in [-0.39, 0.29) is 6.04 Å². The van der Waals surface area contributed by atoms with Crippen LogP contribution in [-0.2, 0) is 0 Å². The van der Waals surface area contributed by atoms with Crippen molar-refractivity contribution in [1.29, 1.82) is 5.26 Å². The van der Waals surface area contributed by atoms with Crippen molar-refractivity contribution < 1.29 is 0 Å². The number of rotatable bonds is 4. The second kappa shape index (κ2) is 5.81. The zero-order valence-corrected chi connectivity index (χ0v) is 12.0. The molecule has 0 aliphatic rings. The molecule has 0 fully saturated rings. The van der Waals surface area contributed by atoms with Crippen LogP contribution in [0.5, 0.6) is 0 Å². The molecule has 0 bridgehead atoms. The quantitative estimate of drug-likeness (QED) is 0.925. The number of anilines is 1. The van der Waals surface area contributed by atoms with Crippen LogP contribution in [0.4, 0.5) is 5.95 Å². The monoisotopic (exact) mass is 272 g/mol. The van der Waals surface area contributed by atoms with Gasteiger partial charge >= 0.3 is 0 Å². The minimum absolute atomic E-state index is 0.161. The van der Waals surface area contributed by atoms with Crippen molar-refractivity contribution in [2.45, 2.75) is 26.8 Å². The van der Waals surface area contributed by atoms with Crippen LogP contribution in [0.2, 0.25) is 0 Å². The first-order chi connectivity index (χ1) is 9.10. The fourth-order valence-corrected chi connectivity index (χ4v) is 2.81. The first-order valence-electron chi connectivity index (χ1n) is 6.16. The van der Waals surface area contributed by atoms with Gasteiger partial charge in [-0.1, -0.05) is 19.9 Å². The van der Waals surface area contributed by atoms with Gasteiger partial charge in [-0.25, -0.2) is 9.97 Å².